The Kier molecular flexibility index (Phi) is 13.4. The van der Waals surface area contributed by atoms with Gasteiger partial charge < -0.3 is 9.47 Å². The largest absolute Gasteiger partial charge is 0.452 e. The van der Waals surface area contributed by atoms with Crippen molar-refractivity contribution in [1.29, 1.82) is 0 Å². The molecule has 0 saturated heterocycles. The van der Waals surface area contributed by atoms with E-state index >= 15 is 0 Å². The van der Waals surface area contributed by atoms with Gasteiger partial charge in [-0.1, -0.05) is 109 Å². The van der Waals surface area contributed by atoms with Crippen molar-refractivity contribution < 1.29 is 24.0 Å². The maximum Gasteiger partial charge on any atom is 0.311 e. The van der Waals surface area contributed by atoms with Crippen LogP contribution in [0, 0.1) is 10.1 Å². The number of hydrogen-bond donors (Lipinski definition) is 0. The van der Waals surface area contributed by atoms with Gasteiger partial charge in [0.05, 0.1) is 10.5 Å². The van der Waals surface area contributed by atoms with Crippen molar-refractivity contribution in [2.24, 2.45) is 0 Å². The third kappa shape index (κ3) is 10.6. The fourth-order valence-corrected chi connectivity index (χ4v) is 4.93. The van der Waals surface area contributed by atoms with Gasteiger partial charge in [0.25, 0.3) is 5.69 Å². The average molecular weight is 550 g/mol. The smallest absolute Gasteiger partial charge is 0.311 e. The molecule has 0 unspecified atom stereocenters. The highest BCUT2D eigenvalue weighted by atomic mass is 16.6. The zero-order valence-corrected chi connectivity index (χ0v) is 23.8. The van der Waals surface area contributed by atoms with Crippen molar-refractivity contribution in [1.82, 2.24) is 0 Å². The van der Waals surface area contributed by atoms with E-state index in [-0.39, 0.29) is 23.2 Å². The highest BCUT2D eigenvalue weighted by Gasteiger charge is 2.28. The third-order valence-corrected chi connectivity index (χ3v) is 7.23. The molecule has 3 rings (SSSR count). The molecule has 0 spiro atoms. The molecule has 40 heavy (non-hydrogen) atoms. The zero-order chi connectivity index (χ0) is 28.6. The minimum Gasteiger partial charge on any atom is -0.452 e. The summed E-state index contributed by atoms with van der Waals surface area (Å²) in [6.07, 6.45) is 20.9. The van der Waals surface area contributed by atoms with Gasteiger partial charge in [0, 0.05) is 18.6 Å². The first-order valence-corrected chi connectivity index (χ1v) is 15.0. The molecule has 0 radical (unpaired) electrons. The van der Waals surface area contributed by atoms with Crippen LogP contribution in [0.4, 0.5) is 5.69 Å². The lowest BCUT2D eigenvalue weighted by molar-refractivity contribution is -0.384. The van der Waals surface area contributed by atoms with Crippen molar-refractivity contribution in [3.8, 4) is 11.5 Å². The standard InChI is InChI=1S/C33H43NO6/c1-2-3-4-5-6-7-8-9-10-11-12-13-14-15-16-20-32(35)39-28-21-22-30-29(25-28)33(36)31(40-30)24-26-18-17-19-27(23-26)34(37)38/h17-19,21-25H,2-16,20H2,1H3/b31-24-. The van der Waals surface area contributed by atoms with Crippen molar-refractivity contribution in [3.63, 3.8) is 0 Å². The summed E-state index contributed by atoms with van der Waals surface area (Å²) in [5, 5.41) is 11.0. The molecule has 2 aromatic carbocycles. The number of carbonyl (C=O) groups excluding carboxylic acids is 2. The number of ketones is 1. The van der Waals surface area contributed by atoms with E-state index in [4.69, 9.17) is 9.47 Å². The number of nitro benzene ring substituents is 1. The Morgan fingerprint density at radius 2 is 1.45 bits per heavy atom. The Labute approximate surface area is 238 Å². The van der Waals surface area contributed by atoms with Gasteiger partial charge in [-0.3, -0.25) is 19.7 Å². The molecule has 0 aliphatic carbocycles. The van der Waals surface area contributed by atoms with Crippen LogP contribution < -0.4 is 9.47 Å². The number of non-ortho nitro benzene ring substituents is 1. The number of fused-ring (bicyclic) bond motifs is 1. The van der Waals surface area contributed by atoms with Crippen molar-refractivity contribution in [2.75, 3.05) is 0 Å². The first-order valence-electron chi connectivity index (χ1n) is 15.0. The predicted octanol–water partition coefficient (Wildman–Crippen LogP) is 9.38. The summed E-state index contributed by atoms with van der Waals surface area (Å²) in [5.41, 5.74) is 0.718. The van der Waals surface area contributed by atoms with Crippen LogP contribution >= 0.6 is 0 Å². The maximum absolute atomic E-state index is 12.8. The Hall–Kier alpha value is -3.48. The highest BCUT2D eigenvalue weighted by Crippen LogP contribution is 2.35. The highest BCUT2D eigenvalue weighted by molar-refractivity contribution is 6.14. The van der Waals surface area contributed by atoms with Crippen LogP contribution in [0.3, 0.4) is 0 Å². The summed E-state index contributed by atoms with van der Waals surface area (Å²) in [7, 11) is 0. The maximum atomic E-state index is 12.8. The van der Waals surface area contributed by atoms with E-state index in [1.807, 2.05) is 0 Å². The van der Waals surface area contributed by atoms with Crippen LogP contribution in [-0.2, 0) is 4.79 Å². The minimum absolute atomic E-state index is 0.0665. The number of esters is 1. The van der Waals surface area contributed by atoms with Gasteiger partial charge >= 0.3 is 5.97 Å². The molecule has 0 saturated carbocycles. The molecular weight excluding hydrogens is 506 g/mol. The van der Waals surface area contributed by atoms with Gasteiger partial charge in [0.1, 0.15) is 11.5 Å². The molecule has 1 aliphatic heterocycles. The second-order valence-electron chi connectivity index (χ2n) is 10.6. The van der Waals surface area contributed by atoms with Crippen molar-refractivity contribution in [2.45, 2.75) is 110 Å². The molecule has 7 heteroatoms. The monoisotopic (exact) mass is 549 g/mol. The van der Waals surface area contributed by atoms with Gasteiger partial charge in [0.2, 0.25) is 5.78 Å². The molecule has 1 heterocycles. The predicted molar refractivity (Wildman–Crippen MR) is 158 cm³/mol. The zero-order valence-electron chi connectivity index (χ0n) is 23.8. The van der Waals surface area contributed by atoms with Crippen LogP contribution in [0.25, 0.3) is 6.08 Å². The van der Waals surface area contributed by atoms with E-state index in [9.17, 15) is 19.7 Å². The summed E-state index contributed by atoms with van der Waals surface area (Å²) >= 11 is 0. The van der Waals surface area contributed by atoms with E-state index in [1.54, 1.807) is 24.3 Å². The van der Waals surface area contributed by atoms with Crippen LogP contribution in [0.5, 0.6) is 11.5 Å². The number of hydrogen-bond acceptors (Lipinski definition) is 6. The van der Waals surface area contributed by atoms with Gasteiger partial charge in [-0.2, -0.15) is 0 Å². The van der Waals surface area contributed by atoms with Crippen molar-refractivity contribution >= 4 is 23.5 Å². The number of allylic oxidation sites excluding steroid dienone is 1. The lowest BCUT2D eigenvalue weighted by Crippen LogP contribution is -2.08. The Morgan fingerprint density at radius 1 is 0.850 bits per heavy atom. The average Bonchev–Trinajstić information content (AvgIpc) is 3.25. The normalized spacial score (nSPS) is 13.3. The molecule has 7 nitrogen and oxygen atoms in total. The molecule has 0 fully saturated rings. The summed E-state index contributed by atoms with van der Waals surface area (Å²) in [6, 6.07) is 10.7. The van der Waals surface area contributed by atoms with E-state index in [0.717, 1.165) is 19.3 Å². The van der Waals surface area contributed by atoms with Crippen LogP contribution in [0.1, 0.15) is 126 Å². The van der Waals surface area contributed by atoms with E-state index in [0.29, 0.717) is 29.0 Å². The van der Waals surface area contributed by atoms with Crippen LogP contribution in [0.2, 0.25) is 0 Å². The lowest BCUT2D eigenvalue weighted by atomic mass is 10.0. The van der Waals surface area contributed by atoms with E-state index in [1.165, 1.54) is 101 Å². The topological polar surface area (TPSA) is 95.7 Å². The van der Waals surface area contributed by atoms with Crippen LogP contribution in [-0.4, -0.2) is 16.7 Å². The number of benzene rings is 2. The number of carbonyl (C=O) groups is 2. The minimum atomic E-state index is -0.492. The Morgan fingerprint density at radius 3 is 2.05 bits per heavy atom. The second kappa shape index (κ2) is 17.3. The molecule has 0 N–H and O–H groups in total. The van der Waals surface area contributed by atoms with E-state index < -0.39 is 4.92 Å². The Balaban J connectivity index is 1.29. The van der Waals surface area contributed by atoms with Gasteiger partial charge in [0.15, 0.2) is 5.76 Å². The summed E-state index contributed by atoms with van der Waals surface area (Å²) in [4.78, 5) is 35.6. The van der Waals surface area contributed by atoms with E-state index in [2.05, 4.69) is 6.92 Å². The molecule has 216 valence electrons. The summed E-state index contributed by atoms with van der Waals surface area (Å²) in [6.45, 7) is 2.26. The fourth-order valence-electron chi connectivity index (χ4n) is 4.93. The number of rotatable bonds is 19. The first-order chi connectivity index (χ1) is 19.5. The van der Waals surface area contributed by atoms with Gasteiger partial charge in [-0.15, -0.1) is 0 Å². The molecule has 0 bridgehead atoms. The molecule has 0 aromatic heterocycles. The SMILES string of the molecule is CCCCCCCCCCCCCCCCCC(=O)Oc1ccc2c(c1)C(=O)/C(=C/c1cccc([N+](=O)[O-])c1)O2. The molecule has 0 amide bonds. The van der Waals surface area contributed by atoms with Gasteiger partial charge in [-0.25, -0.2) is 0 Å². The van der Waals surface area contributed by atoms with Crippen LogP contribution in [0.15, 0.2) is 48.2 Å². The lowest BCUT2D eigenvalue weighted by Gasteiger charge is -2.06. The number of nitro groups is 1. The molecule has 1 aliphatic rings. The van der Waals surface area contributed by atoms with Crippen molar-refractivity contribution in [3.05, 3.63) is 69.5 Å². The summed E-state index contributed by atoms with van der Waals surface area (Å²) < 4.78 is 11.1. The number of unbranched alkanes of at least 4 members (excludes halogenated alkanes) is 14. The molecule has 0 atom stereocenters. The Bertz CT molecular complexity index is 1160. The number of ether oxygens (including phenoxy) is 2. The summed E-state index contributed by atoms with van der Waals surface area (Å²) in [5.74, 6) is 0.0640. The number of nitrogens with zero attached hydrogens (tertiary/aromatic N) is 1. The number of Topliss-reactive ketones (excluding diaryl/α,β-unsaturated/α-hetero) is 1. The van der Waals surface area contributed by atoms with Gasteiger partial charge in [-0.05, 0) is 36.3 Å². The third-order valence-electron chi connectivity index (χ3n) is 7.23. The molecular formula is C33H43NO6. The fraction of sp³-hybridized carbons (Fsp3) is 0.515. The quantitative estimate of drug-likeness (QED) is 0.0432. The second-order valence-corrected chi connectivity index (χ2v) is 10.6. The molecule has 2 aromatic rings. The first kappa shape index (κ1) is 31.1.